The SMILES string of the molecule is O=C(NC(CCS)C(=O)N[C@H](Cc1ccccc1)C(=O)O)c1ccccc1[N+](=O)[O-]. The maximum Gasteiger partial charge on any atom is 0.326 e. The molecule has 0 aromatic heterocycles. The van der Waals surface area contributed by atoms with Crippen LogP contribution < -0.4 is 10.6 Å². The molecular weight excluding hydrogens is 410 g/mol. The third-order valence-corrected chi connectivity index (χ3v) is 4.54. The Morgan fingerprint density at radius 2 is 1.63 bits per heavy atom. The van der Waals surface area contributed by atoms with Gasteiger partial charge in [-0.25, -0.2) is 4.79 Å². The maximum atomic E-state index is 12.7. The van der Waals surface area contributed by atoms with Crippen LogP contribution in [0, 0.1) is 10.1 Å². The molecule has 1 unspecified atom stereocenters. The summed E-state index contributed by atoms with van der Waals surface area (Å²) >= 11 is 4.07. The van der Waals surface area contributed by atoms with Crippen LogP contribution >= 0.6 is 12.6 Å². The number of para-hydroxylation sites is 1. The molecule has 0 saturated carbocycles. The molecule has 158 valence electrons. The predicted molar refractivity (Wildman–Crippen MR) is 113 cm³/mol. The highest BCUT2D eigenvalue weighted by Gasteiger charge is 2.28. The van der Waals surface area contributed by atoms with E-state index in [1.54, 1.807) is 30.3 Å². The molecule has 2 amide bonds. The molecule has 2 aromatic carbocycles. The lowest BCUT2D eigenvalue weighted by Gasteiger charge is -2.21. The summed E-state index contributed by atoms with van der Waals surface area (Å²) in [5.74, 6) is -2.51. The van der Waals surface area contributed by atoms with E-state index in [4.69, 9.17) is 0 Å². The van der Waals surface area contributed by atoms with Gasteiger partial charge in [-0.2, -0.15) is 12.6 Å². The van der Waals surface area contributed by atoms with Crippen LogP contribution in [0.4, 0.5) is 5.69 Å². The van der Waals surface area contributed by atoms with E-state index in [0.29, 0.717) is 0 Å². The average molecular weight is 431 g/mol. The molecule has 0 aliphatic rings. The van der Waals surface area contributed by atoms with Gasteiger partial charge in [0.25, 0.3) is 11.6 Å². The molecular formula is C20H21N3O6S. The summed E-state index contributed by atoms with van der Waals surface area (Å²) < 4.78 is 0. The number of carbonyl (C=O) groups is 3. The van der Waals surface area contributed by atoms with Gasteiger partial charge < -0.3 is 15.7 Å². The van der Waals surface area contributed by atoms with E-state index in [2.05, 4.69) is 23.3 Å². The lowest BCUT2D eigenvalue weighted by molar-refractivity contribution is -0.385. The number of amides is 2. The molecule has 0 fully saturated rings. The van der Waals surface area contributed by atoms with Crippen molar-refractivity contribution in [2.24, 2.45) is 0 Å². The standard InChI is InChI=1S/C20H21N3O6S/c24-18(14-8-4-5-9-17(14)23(28)29)21-15(10-11-30)19(25)22-16(20(26)27)12-13-6-2-1-3-7-13/h1-9,15-16,30H,10-12H2,(H,21,24)(H,22,25)(H,26,27)/t15?,16-/m1/s1. The number of benzene rings is 2. The number of rotatable bonds is 10. The molecule has 30 heavy (non-hydrogen) atoms. The molecule has 0 saturated heterocycles. The van der Waals surface area contributed by atoms with Gasteiger partial charge in [0.05, 0.1) is 4.92 Å². The summed E-state index contributed by atoms with van der Waals surface area (Å²) in [6, 6.07) is 11.8. The lowest BCUT2D eigenvalue weighted by atomic mass is 10.0. The Kier molecular flexibility index (Phi) is 8.36. The van der Waals surface area contributed by atoms with Gasteiger partial charge in [-0.05, 0) is 23.8 Å². The smallest absolute Gasteiger partial charge is 0.326 e. The summed E-state index contributed by atoms with van der Waals surface area (Å²) in [4.78, 5) is 47.2. The molecule has 0 heterocycles. The van der Waals surface area contributed by atoms with Crippen molar-refractivity contribution in [1.29, 1.82) is 0 Å². The molecule has 3 N–H and O–H groups in total. The zero-order valence-electron chi connectivity index (χ0n) is 15.9. The molecule has 9 nitrogen and oxygen atoms in total. The number of nitrogens with one attached hydrogen (secondary N) is 2. The second-order valence-corrected chi connectivity index (χ2v) is 6.85. The Hall–Kier alpha value is -3.40. The van der Waals surface area contributed by atoms with Gasteiger partial charge >= 0.3 is 5.97 Å². The molecule has 0 bridgehead atoms. The number of nitro benzene ring substituents is 1. The first-order valence-electron chi connectivity index (χ1n) is 9.05. The minimum Gasteiger partial charge on any atom is -0.480 e. The highest BCUT2D eigenvalue weighted by molar-refractivity contribution is 7.80. The predicted octanol–water partition coefficient (Wildman–Crippen LogP) is 1.83. The zero-order chi connectivity index (χ0) is 22.1. The van der Waals surface area contributed by atoms with Gasteiger partial charge in [0.2, 0.25) is 5.91 Å². The zero-order valence-corrected chi connectivity index (χ0v) is 16.7. The summed E-state index contributed by atoms with van der Waals surface area (Å²) in [6.07, 6.45) is 0.173. The number of thiol groups is 1. The van der Waals surface area contributed by atoms with Gasteiger partial charge in [0.15, 0.2) is 0 Å². The number of carbonyl (C=O) groups excluding carboxylic acids is 2. The second-order valence-electron chi connectivity index (χ2n) is 6.40. The van der Waals surface area contributed by atoms with E-state index in [1.165, 1.54) is 24.3 Å². The van der Waals surface area contributed by atoms with Gasteiger partial charge in [-0.1, -0.05) is 42.5 Å². The quantitative estimate of drug-likeness (QED) is 0.257. The van der Waals surface area contributed by atoms with E-state index in [-0.39, 0.29) is 24.2 Å². The van der Waals surface area contributed by atoms with E-state index >= 15 is 0 Å². The lowest BCUT2D eigenvalue weighted by Crippen LogP contribution is -2.52. The largest absolute Gasteiger partial charge is 0.480 e. The van der Waals surface area contributed by atoms with E-state index in [0.717, 1.165) is 5.56 Å². The Morgan fingerprint density at radius 1 is 1.00 bits per heavy atom. The number of carboxylic acid groups (broad SMARTS) is 1. The van der Waals surface area contributed by atoms with Crippen molar-refractivity contribution in [3.63, 3.8) is 0 Å². The van der Waals surface area contributed by atoms with E-state index < -0.39 is 40.5 Å². The first kappa shape index (κ1) is 22.9. The van der Waals surface area contributed by atoms with Crippen LogP contribution in [0.25, 0.3) is 0 Å². The fraction of sp³-hybridized carbons (Fsp3) is 0.250. The number of hydrogen-bond acceptors (Lipinski definition) is 6. The molecule has 0 spiro atoms. The van der Waals surface area contributed by atoms with Crippen LogP contribution in [-0.2, 0) is 16.0 Å². The van der Waals surface area contributed by atoms with Crippen LogP contribution in [0.1, 0.15) is 22.3 Å². The first-order chi connectivity index (χ1) is 14.3. The summed E-state index contributed by atoms with van der Waals surface area (Å²) in [6.45, 7) is 0. The molecule has 0 aliphatic heterocycles. The maximum absolute atomic E-state index is 12.7. The van der Waals surface area contributed by atoms with Crippen LogP contribution in [0.15, 0.2) is 54.6 Å². The number of nitro groups is 1. The highest BCUT2D eigenvalue weighted by atomic mass is 32.1. The Morgan fingerprint density at radius 3 is 2.23 bits per heavy atom. The average Bonchev–Trinajstić information content (AvgIpc) is 2.73. The molecule has 2 aromatic rings. The third kappa shape index (κ3) is 6.31. The van der Waals surface area contributed by atoms with Crippen LogP contribution in [-0.4, -0.2) is 45.7 Å². The Bertz CT molecular complexity index is 922. The second kappa shape index (κ2) is 11.0. The molecule has 2 rings (SSSR count). The monoisotopic (exact) mass is 431 g/mol. The van der Waals surface area contributed by atoms with Crippen molar-refractivity contribution in [1.82, 2.24) is 10.6 Å². The Labute approximate surface area is 178 Å². The normalized spacial score (nSPS) is 12.4. The van der Waals surface area contributed by atoms with Gasteiger partial charge in [-0.15, -0.1) is 0 Å². The van der Waals surface area contributed by atoms with Gasteiger partial charge in [0, 0.05) is 12.5 Å². The number of aliphatic carboxylic acids is 1. The first-order valence-corrected chi connectivity index (χ1v) is 9.69. The molecule has 10 heteroatoms. The number of carboxylic acids is 1. The fourth-order valence-electron chi connectivity index (χ4n) is 2.78. The van der Waals surface area contributed by atoms with Gasteiger partial charge in [-0.3, -0.25) is 19.7 Å². The van der Waals surface area contributed by atoms with Crippen LogP contribution in [0.2, 0.25) is 0 Å². The van der Waals surface area contributed by atoms with Crippen LogP contribution in [0.5, 0.6) is 0 Å². The molecule has 0 aliphatic carbocycles. The summed E-state index contributed by atoms with van der Waals surface area (Å²) in [5, 5.41) is 25.5. The molecule has 2 atom stereocenters. The van der Waals surface area contributed by atoms with E-state index in [9.17, 15) is 29.6 Å². The van der Waals surface area contributed by atoms with Crippen molar-refractivity contribution in [3.05, 3.63) is 75.8 Å². The highest BCUT2D eigenvalue weighted by Crippen LogP contribution is 2.17. The topological polar surface area (TPSA) is 139 Å². The minimum atomic E-state index is -1.22. The summed E-state index contributed by atoms with van der Waals surface area (Å²) in [7, 11) is 0. The van der Waals surface area contributed by atoms with Crippen LogP contribution in [0.3, 0.4) is 0 Å². The van der Waals surface area contributed by atoms with Gasteiger partial charge in [0.1, 0.15) is 17.6 Å². The van der Waals surface area contributed by atoms with Crippen molar-refractivity contribution < 1.29 is 24.4 Å². The minimum absolute atomic E-state index is 0.0631. The van der Waals surface area contributed by atoms with Crippen molar-refractivity contribution in [2.75, 3.05) is 5.75 Å². The molecule has 0 radical (unpaired) electrons. The number of hydrogen-bond donors (Lipinski definition) is 4. The van der Waals surface area contributed by atoms with Crippen molar-refractivity contribution in [3.8, 4) is 0 Å². The Balaban J connectivity index is 2.14. The van der Waals surface area contributed by atoms with Crippen molar-refractivity contribution in [2.45, 2.75) is 24.9 Å². The van der Waals surface area contributed by atoms with Crippen molar-refractivity contribution >= 4 is 36.1 Å². The number of nitrogens with zero attached hydrogens (tertiary/aromatic N) is 1. The summed E-state index contributed by atoms with van der Waals surface area (Å²) in [5.41, 5.74) is 0.131. The van der Waals surface area contributed by atoms with E-state index in [1.807, 2.05) is 0 Å². The fourth-order valence-corrected chi connectivity index (χ4v) is 3.04. The third-order valence-electron chi connectivity index (χ3n) is 4.28.